The summed E-state index contributed by atoms with van der Waals surface area (Å²) in [6, 6.07) is 13.7. The highest BCUT2D eigenvalue weighted by Crippen LogP contribution is 2.33. The standard InChI is InChI=1S/C23H22N2O3S/c1-13-3-9-17(23(27)28)18(11-13)21(26)24-16-7-5-15(6-8-16)22-25-19-10-4-14(2)12-20(19)29-22/h3-8,10,12,17-18H,9,11H2,1-2H3,(H,24,26)(H,27,28)/t17-,18-/m0/s1. The van der Waals surface area contributed by atoms with E-state index in [-0.39, 0.29) is 5.91 Å². The Morgan fingerprint density at radius 3 is 2.59 bits per heavy atom. The van der Waals surface area contributed by atoms with Gasteiger partial charge in [0, 0.05) is 11.3 Å². The van der Waals surface area contributed by atoms with Gasteiger partial charge in [0.25, 0.3) is 0 Å². The van der Waals surface area contributed by atoms with Crippen molar-refractivity contribution in [2.24, 2.45) is 11.8 Å². The van der Waals surface area contributed by atoms with Crippen LogP contribution in [-0.4, -0.2) is 22.0 Å². The second-order valence-electron chi connectivity index (χ2n) is 7.60. The van der Waals surface area contributed by atoms with Gasteiger partial charge in [0.2, 0.25) is 5.91 Å². The van der Waals surface area contributed by atoms with E-state index in [1.54, 1.807) is 11.3 Å². The molecule has 1 aliphatic rings. The molecule has 1 heterocycles. The molecular formula is C23H22N2O3S. The van der Waals surface area contributed by atoms with Crippen LogP contribution in [0.25, 0.3) is 20.8 Å². The number of benzene rings is 2. The number of carboxylic acids is 1. The van der Waals surface area contributed by atoms with Crippen molar-refractivity contribution in [2.45, 2.75) is 26.7 Å². The summed E-state index contributed by atoms with van der Waals surface area (Å²) in [7, 11) is 0. The van der Waals surface area contributed by atoms with Crippen molar-refractivity contribution in [1.82, 2.24) is 4.98 Å². The van der Waals surface area contributed by atoms with Crippen LogP contribution in [0.3, 0.4) is 0 Å². The van der Waals surface area contributed by atoms with Gasteiger partial charge < -0.3 is 10.4 Å². The predicted octanol–water partition coefficient (Wildman–Crippen LogP) is 5.27. The Morgan fingerprint density at radius 1 is 1.10 bits per heavy atom. The average Bonchev–Trinajstić information content (AvgIpc) is 3.11. The number of aryl methyl sites for hydroxylation is 1. The summed E-state index contributed by atoms with van der Waals surface area (Å²) in [6.45, 7) is 4.00. The molecule has 29 heavy (non-hydrogen) atoms. The molecule has 2 aromatic carbocycles. The van der Waals surface area contributed by atoms with Crippen LogP contribution in [0.5, 0.6) is 0 Å². The molecule has 0 radical (unpaired) electrons. The molecule has 2 N–H and O–H groups in total. The summed E-state index contributed by atoms with van der Waals surface area (Å²) in [5, 5.41) is 13.3. The second-order valence-corrected chi connectivity index (χ2v) is 8.63. The number of hydrogen-bond acceptors (Lipinski definition) is 4. The molecule has 0 unspecified atom stereocenters. The fourth-order valence-corrected chi connectivity index (χ4v) is 4.77. The van der Waals surface area contributed by atoms with Crippen molar-refractivity contribution < 1.29 is 14.7 Å². The number of rotatable bonds is 4. The summed E-state index contributed by atoms with van der Waals surface area (Å²) in [4.78, 5) is 28.9. The normalized spacial score (nSPS) is 19.0. The van der Waals surface area contributed by atoms with Gasteiger partial charge in [0.15, 0.2) is 0 Å². The van der Waals surface area contributed by atoms with Crippen molar-refractivity contribution in [3.8, 4) is 10.6 Å². The predicted molar refractivity (Wildman–Crippen MR) is 116 cm³/mol. The lowest BCUT2D eigenvalue weighted by Gasteiger charge is -2.26. The highest BCUT2D eigenvalue weighted by Gasteiger charge is 2.35. The number of amides is 1. The monoisotopic (exact) mass is 406 g/mol. The van der Waals surface area contributed by atoms with Crippen LogP contribution in [0.1, 0.15) is 25.3 Å². The van der Waals surface area contributed by atoms with Gasteiger partial charge in [0.05, 0.1) is 22.1 Å². The van der Waals surface area contributed by atoms with E-state index >= 15 is 0 Å². The van der Waals surface area contributed by atoms with E-state index in [0.29, 0.717) is 18.5 Å². The molecule has 2 atom stereocenters. The highest BCUT2D eigenvalue weighted by molar-refractivity contribution is 7.21. The molecule has 0 saturated heterocycles. The SMILES string of the molecule is CC1=CC[C@H](C(=O)O)[C@@H](C(=O)Nc2ccc(-c3nc4ccc(C)cc4s3)cc2)C1. The molecule has 5 nitrogen and oxygen atoms in total. The first kappa shape index (κ1) is 19.3. The Labute approximate surface area is 173 Å². The highest BCUT2D eigenvalue weighted by atomic mass is 32.1. The Kier molecular flexibility index (Phi) is 5.20. The molecule has 0 bridgehead atoms. The van der Waals surface area contributed by atoms with Crippen molar-refractivity contribution >= 4 is 39.1 Å². The van der Waals surface area contributed by atoms with Crippen molar-refractivity contribution in [2.75, 3.05) is 5.32 Å². The molecule has 4 rings (SSSR count). The van der Waals surface area contributed by atoms with Gasteiger partial charge in [-0.25, -0.2) is 4.98 Å². The van der Waals surface area contributed by atoms with Crippen molar-refractivity contribution in [1.29, 1.82) is 0 Å². The first-order valence-electron chi connectivity index (χ1n) is 9.57. The summed E-state index contributed by atoms with van der Waals surface area (Å²) in [6.07, 6.45) is 2.79. The topological polar surface area (TPSA) is 79.3 Å². The minimum Gasteiger partial charge on any atom is -0.481 e. The van der Waals surface area contributed by atoms with Gasteiger partial charge in [-0.1, -0.05) is 17.7 Å². The van der Waals surface area contributed by atoms with Crippen LogP contribution >= 0.6 is 11.3 Å². The number of carbonyl (C=O) groups is 2. The molecular weight excluding hydrogens is 384 g/mol. The maximum Gasteiger partial charge on any atom is 0.307 e. The van der Waals surface area contributed by atoms with Crippen molar-refractivity contribution in [3.05, 3.63) is 59.7 Å². The number of allylic oxidation sites excluding steroid dienone is 2. The zero-order chi connectivity index (χ0) is 20.5. The molecule has 148 valence electrons. The molecule has 3 aromatic rings. The lowest BCUT2D eigenvalue weighted by molar-refractivity contribution is -0.146. The first-order chi connectivity index (χ1) is 13.9. The fourth-order valence-electron chi connectivity index (χ4n) is 3.70. The number of nitrogens with zero attached hydrogens (tertiary/aromatic N) is 1. The van der Waals surface area contributed by atoms with E-state index in [0.717, 1.165) is 26.4 Å². The van der Waals surface area contributed by atoms with Crippen LogP contribution < -0.4 is 5.32 Å². The lowest BCUT2D eigenvalue weighted by Crippen LogP contribution is -2.35. The van der Waals surface area contributed by atoms with Crippen LogP contribution in [0.15, 0.2) is 54.1 Å². The molecule has 0 aliphatic heterocycles. The first-order valence-corrected chi connectivity index (χ1v) is 10.4. The van der Waals surface area contributed by atoms with E-state index in [9.17, 15) is 14.7 Å². The number of carbonyl (C=O) groups excluding carboxylic acids is 1. The number of hydrogen-bond donors (Lipinski definition) is 2. The Bertz CT molecular complexity index is 1110. The third kappa shape index (κ3) is 4.07. The number of nitrogens with one attached hydrogen (secondary N) is 1. The smallest absolute Gasteiger partial charge is 0.307 e. The summed E-state index contributed by atoms with van der Waals surface area (Å²) < 4.78 is 1.15. The molecule has 0 fully saturated rings. The number of aromatic nitrogens is 1. The van der Waals surface area contributed by atoms with E-state index in [1.807, 2.05) is 43.3 Å². The maximum absolute atomic E-state index is 12.7. The molecule has 1 aromatic heterocycles. The largest absolute Gasteiger partial charge is 0.481 e. The number of carboxylic acid groups (broad SMARTS) is 1. The summed E-state index contributed by atoms with van der Waals surface area (Å²) in [5.41, 5.74) is 4.89. The van der Waals surface area contributed by atoms with Gasteiger partial charge in [-0.2, -0.15) is 0 Å². The second kappa shape index (κ2) is 7.79. The van der Waals surface area contributed by atoms with E-state index in [1.165, 1.54) is 5.56 Å². The van der Waals surface area contributed by atoms with Crippen LogP contribution in [0, 0.1) is 18.8 Å². The maximum atomic E-state index is 12.7. The number of anilines is 1. The van der Waals surface area contributed by atoms with Crippen LogP contribution in [0.4, 0.5) is 5.69 Å². The van der Waals surface area contributed by atoms with Gasteiger partial charge in [-0.05, 0) is 68.7 Å². The van der Waals surface area contributed by atoms with E-state index in [2.05, 4.69) is 29.4 Å². The lowest BCUT2D eigenvalue weighted by atomic mass is 9.79. The van der Waals surface area contributed by atoms with Gasteiger partial charge in [-0.15, -0.1) is 11.3 Å². The molecule has 1 aliphatic carbocycles. The minimum atomic E-state index is -0.921. The number of fused-ring (bicyclic) bond motifs is 1. The Morgan fingerprint density at radius 2 is 1.86 bits per heavy atom. The summed E-state index contributed by atoms with van der Waals surface area (Å²) >= 11 is 1.64. The van der Waals surface area contributed by atoms with E-state index in [4.69, 9.17) is 0 Å². The quantitative estimate of drug-likeness (QED) is 0.579. The third-order valence-electron chi connectivity index (χ3n) is 5.35. The number of thiazole rings is 1. The van der Waals surface area contributed by atoms with Gasteiger partial charge >= 0.3 is 5.97 Å². The van der Waals surface area contributed by atoms with E-state index < -0.39 is 17.8 Å². The zero-order valence-corrected chi connectivity index (χ0v) is 17.1. The fraction of sp³-hybridized carbons (Fsp3) is 0.261. The van der Waals surface area contributed by atoms with Crippen LogP contribution in [-0.2, 0) is 9.59 Å². The van der Waals surface area contributed by atoms with Gasteiger partial charge in [0.1, 0.15) is 5.01 Å². The van der Waals surface area contributed by atoms with Gasteiger partial charge in [-0.3, -0.25) is 9.59 Å². The third-order valence-corrected chi connectivity index (χ3v) is 6.41. The molecule has 0 saturated carbocycles. The molecule has 0 spiro atoms. The molecule has 6 heteroatoms. The van der Waals surface area contributed by atoms with Crippen molar-refractivity contribution in [3.63, 3.8) is 0 Å². The number of aliphatic carboxylic acids is 1. The summed E-state index contributed by atoms with van der Waals surface area (Å²) in [5.74, 6) is -2.39. The zero-order valence-electron chi connectivity index (χ0n) is 16.3. The average molecular weight is 407 g/mol. The molecule has 1 amide bonds. The Hall–Kier alpha value is -2.99. The minimum absolute atomic E-state index is 0.243. The van der Waals surface area contributed by atoms with Crippen LogP contribution in [0.2, 0.25) is 0 Å². The Balaban J connectivity index is 1.50.